The number of hydrogen-bond acceptors (Lipinski definition) is 4. The van der Waals surface area contributed by atoms with Gasteiger partial charge in [-0.05, 0) is 43.5 Å². The second-order valence-corrected chi connectivity index (χ2v) is 6.49. The summed E-state index contributed by atoms with van der Waals surface area (Å²) in [5.74, 6) is 0.697. The highest BCUT2D eigenvalue weighted by atomic mass is 16.5. The van der Waals surface area contributed by atoms with Crippen LogP contribution < -0.4 is 4.74 Å². The fraction of sp³-hybridized carbons (Fsp3) is 0.611. The highest BCUT2D eigenvalue weighted by Crippen LogP contribution is 2.35. The summed E-state index contributed by atoms with van der Waals surface area (Å²) in [4.78, 5) is 14.5. The summed E-state index contributed by atoms with van der Waals surface area (Å²) in [6.45, 7) is 4.73. The largest absolute Gasteiger partial charge is 0.496 e. The van der Waals surface area contributed by atoms with Crippen LogP contribution in [0, 0.1) is 12.3 Å². The van der Waals surface area contributed by atoms with Gasteiger partial charge in [0.15, 0.2) is 0 Å². The minimum absolute atomic E-state index is 0.0587. The van der Waals surface area contributed by atoms with Crippen LogP contribution in [0.2, 0.25) is 0 Å². The van der Waals surface area contributed by atoms with Gasteiger partial charge in [-0.15, -0.1) is 0 Å². The van der Waals surface area contributed by atoms with Crippen molar-refractivity contribution in [3.8, 4) is 5.75 Å². The van der Waals surface area contributed by atoms with Crippen LogP contribution >= 0.6 is 0 Å². The van der Waals surface area contributed by atoms with E-state index in [0.717, 1.165) is 17.7 Å². The first kappa shape index (κ1) is 17.8. The minimum atomic E-state index is -0.607. The van der Waals surface area contributed by atoms with Crippen molar-refractivity contribution in [3.05, 3.63) is 29.3 Å². The van der Waals surface area contributed by atoms with Crippen molar-refractivity contribution in [2.24, 2.45) is 5.41 Å². The van der Waals surface area contributed by atoms with E-state index in [-0.39, 0.29) is 12.5 Å². The third-order valence-corrected chi connectivity index (χ3v) is 4.88. The summed E-state index contributed by atoms with van der Waals surface area (Å²) >= 11 is 0. The number of rotatable bonds is 5. The molecule has 2 N–H and O–H groups in total. The molecule has 2 rings (SSSR count). The topological polar surface area (TPSA) is 70.0 Å². The van der Waals surface area contributed by atoms with E-state index in [9.17, 15) is 15.0 Å². The molecule has 0 aliphatic carbocycles. The van der Waals surface area contributed by atoms with Crippen molar-refractivity contribution in [2.75, 3.05) is 26.8 Å². The zero-order chi connectivity index (χ0) is 17.0. The lowest BCUT2D eigenvalue weighted by Gasteiger charge is -2.45. The molecule has 23 heavy (non-hydrogen) atoms. The van der Waals surface area contributed by atoms with Crippen molar-refractivity contribution in [1.29, 1.82) is 0 Å². The Labute approximate surface area is 137 Å². The van der Waals surface area contributed by atoms with E-state index in [1.807, 2.05) is 19.9 Å². The van der Waals surface area contributed by atoms with Gasteiger partial charge in [0.05, 0.1) is 19.8 Å². The second-order valence-electron chi connectivity index (χ2n) is 6.49. The zero-order valence-corrected chi connectivity index (χ0v) is 14.2. The number of aryl methyl sites for hydroxylation is 1. The summed E-state index contributed by atoms with van der Waals surface area (Å²) in [7, 11) is 1.61. The first-order valence-electron chi connectivity index (χ1n) is 8.20. The third kappa shape index (κ3) is 3.51. The normalized spacial score (nSPS) is 24.6. The number of hydrogen-bond donors (Lipinski definition) is 2. The molecule has 128 valence electrons. The Morgan fingerprint density at radius 2 is 2.22 bits per heavy atom. The van der Waals surface area contributed by atoms with Crippen LogP contribution in [0.1, 0.15) is 42.1 Å². The molecule has 1 saturated heterocycles. The monoisotopic (exact) mass is 321 g/mol. The van der Waals surface area contributed by atoms with Crippen LogP contribution in [0.5, 0.6) is 5.75 Å². The van der Waals surface area contributed by atoms with E-state index in [2.05, 4.69) is 0 Å². The van der Waals surface area contributed by atoms with Crippen LogP contribution in [0.15, 0.2) is 18.2 Å². The van der Waals surface area contributed by atoms with Crippen LogP contribution in [0.4, 0.5) is 0 Å². The molecule has 1 aliphatic rings. The van der Waals surface area contributed by atoms with Crippen LogP contribution in [-0.2, 0) is 0 Å². The van der Waals surface area contributed by atoms with E-state index in [0.29, 0.717) is 31.5 Å². The molecule has 0 saturated carbocycles. The van der Waals surface area contributed by atoms with Crippen molar-refractivity contribution in [1.82, 2.24) is 4.90 Å². The molecule has 1 heterocycles. The van der Waals surface area contributed by atoms with Gasteiger partial charge in [-0.25, -0.2) is 0 Å². The summed E-state index contributed by atoms with van der Waals surface area (Å²) in [5, 5.41) is 20.1. The number of amides is 1. The summed E-state index contributed by atoms with van der Waals surface area (Å²) in [6, 6.07) is 5.39. The first-order chi connectivity index (χ1) is 11.0. The molecule has 1 aliphatic heterocycles. The van der Waals surface area contributed by atoms with E-state index < -0.39 is 11.5 Å². The van der Waals surface area contributed by atoms with Gasteiger partial charge in [0.1, 0.15) is 5.75 Å². The fourth-order valence-corrected chi connectivity index (χ4v) is 3.49. The van der Waals surface area contributed by atoms with Crippen molar-refractivity contribution < 1.29 is 19.7 Å². The Morgan fingerprint density at radius 1 is 1.48 bits per heavy atom. The molecule has 0 unspecified atom stereocenters. The summed E-state index contributed by atoms with van der Waals surface area (Å²) in [6.07, 6.45) is 1.51. The first-order valence-corrected chi connectivity index (χ1v) is 8.20. The van der Waals surface area contributed by atoms with E-state index >= 15 is 0 Å². The molecule has 1 amide bonds. The SMILES string of the molecule is CCC[C@@]1(CO)CN(C(=O)c2ccc(OC)c(C)c2)CC[C@H]1O. The number of aliphatic hydroxyl groups is 2. The number of carbonyl (C=O) groups is 1. The maximum atomic E-state index is 12.8. The Morgan fingerprint density at radius 3 is 2.78 bits per heavy atom. The molecule has 0 bridgehead atoms. The van der Waals surface area contributed by atoms with Crippen molar-refractivity contribution in [2.45, 2.75) is 39.2 Å². The average Bonchev–Trinajstić information content (AvgIpc) is 2.56. The van der Waals surface area contributed by atoms with Gasteiger partial charge in [0.2, 0.25) is 0 Å². The molecule has 0 radical (unpaired) electrons. The maximum Gasteiger partial charge on any atom is 0.253 e. The van der Waals surface area contributed by atoms with Crippen LogP contribution in [0.3, 0.4) is 0 Å². The molecule has 1 fully saturated rings. The lowest BCUT2D eigenvalue weighted by atomic mass is 9.74. The number of benzene rings is 1. The van der Waals surface area contributed by atoms with Gasteiger partial charge in [-0.1, -0.05) is 13.3 Å². The number of piperidine rings is 1. The zero-order valence-electron chi connectivity index (χ0n) is 14.2. The lowest BCUT2D eigenvalue weighted by Crippen LogP contribution is -2.55. The molecular formula is C18H27NO4. The number of methoxy groups -OCH3 is 1. The third-order valence-electron chi connectivity index (χ3n) is 4.88. The van der Waals surface area contributed by atoms with E-state index in [1.54, 1.807) is 24.1 Å². The van der Waals surface area contributed by atoms with Gasteiger partial charge in [-0.2, -0.15) is 0 Å². The van der Waals surface area contributed by atoms with Crippen molar-refractivity contribution in [3.63, 3.8) is 0 Å². The molecule has 5 heteroatoms. The fourth-order valence-electron chi connectivity index (χ4n) is 3.49. The summed E-state index contributed by atoms with van der Waals surface area (Å²) in [5.41, 5.74) is 0.921. The van der Waals surface area contributed by atoms with Crippen LogP contribution in [-0.4, -0.2) is 53.9 Å². The number of nitrogens with zero attached hydrogens (tertiary/aromatic N) is 1. The van der Waals surface area contributed by atoms with E-state index in [1.165, 1.54) is 0 Å². The Kier molecular flexibility index (Phi) is 5.65. The smallest absolute Gasteiger partial charge is 0.253 e. The Hall–Kier alpha value is -1.59. The molecule has 0 spiro atoms. The number of aliphatic hydroxyl groups excluding tert-OH is 2. The quantitative estimate of drug-likeness (QED) is 0.870. The average molecular weight is 321 g/mol. The predicted molar refractivity (Wildman–Crippen MR) is 88.7 cm³/mol. The van der Waals surface area contributed by atoms with Gasteiger partial charge >= 0.3 is 0 Å². The number of carbonyl (C=O) groups excluding carboxylic acids is 1. The Balaban J connectivity index is 2.21. The van der Waals surface area contributed by atoms with Gasteiger partial charge < -0.3 is 19.8 Å². The van der Waals surface area contributed by atoms with Gasteiger partial charge in [0.25, 0.3) is 5.91 Å². The molecule has 2 atom stereocenters. The van der Waals surface area contributed by atoms with Crippen molar-refractivity contribution >= 4 is 5.91 Å². The van der Waals surface area contributed by atoms with Crippen LogP contribution in [0.25, 0.3) is 0 Å². The lowest BCUT2D eigenvalue weighted by molar-refractivity contribution is -0.0720. The molecule has 1 aromatic rings. The number of likely N-dealkylation sites (tertiary alicyclic amines) is 1. The highest BCUT2D eigenvalue weighted by Gasteiger charge is 2.43. The molecular weight excluding hydrogens is 294 g/mol. The second kappa shape index (κ2) is 7.32. The summed E-state index contributed by atoms with van der Waals surface area (Å²) < 4.78 is 5.23. The van der Waals surface area contributed by atoms with Gasteiger partial charge in [0, 0.05) is 24.1 Å². The van der Waals surface area contributed by atoms with E-state index in [4.69, 9.17) is 4.74 Å². The Bertz CT molecular complexity index is 560. The standard InChI is InChI=1S/C18H27NO4/c1-4-8-18(12-20)11-19(9-7-16(18)21)17(22)14-5-6-15(23-3)13(2)10-14/h5-6,10,16,20-21H,4,7-9,11-12H2,1-3H3/t16-,18+/m1/s1. The maximum absolute atomic E-state index is 12.8. The number of ether oxygens (including phenoxy) is 1. The minimum Gasteiger partial charge on any atom is -0.496 e. The molecule has 1 aromatic carbocycles. The molecule has 5 nitrogen and oxygen atoms in total. The highest BCUT2D eigenvalue weighted by molar-refractivity contribution is 5.94. The predicted octanol–water partition coefficient (Wildman–Crippen LogP) is 1.99. The molecule has 0 aromatic heterocycles. The van der Waals surface area contributed by atoms with Gasteiger partial charge in [-0.3, -0.25) is 4.79 Å².